The van der Waals surface area contributed by atoms with Crippen molar-refractivity contribution >= 4 is 31.8 Å². The molecular formula is C18H17BrP2. The van der Waals surface area contributed by atoms with Gasteiger partial charge in [-0.3, -0.25) is 0 Å². The Bertz CT molecular complexity index is 573. The second-order valence-electron chi connectivity index (χ2n) is 4.73. The predicted molar refractivity (Wildman–Crippen MR) is 94.9 cm³/mol. The standard InChI is InChI=1S/C18H17P2.BrH/c19-20(16-10-4-1-5-11-16,17-12-6-2-7-13-17)18-14-8-3-9-15-18;/h1-15H,19H2;1H/q+1;/p-1. The summed E-state index contributed by atoms with van der Waals surface area (Å²) < 4.78 is 0. The van der Waals surface area contributed by atoms with Gasteiger partial charge in [-0.05, 0) is 36.4 Å². The molecule has 0 aliphatic carbocycles. The van der Waals surface area contributed by atoms with Crippen LogP contribution in [-0.4, -0.2) is 0 Å². The second-order valence-corrected chi connectivity index (χ2v) is 10.0. The fourth-order valence-electron chi connectivity index (χ4n) is 2.44. The first-order valence-corrected chi connectivity index (χ1v) is 10.1. The zero-order valence-electron chi connectivity index (χ0n) is 11.6. The van der Waals surface area contributed by atoms with Crippen LogP contribution in [0.5, 0.6) is 0 Å². The van der Waals surface area contributed by atoms with Crippen molar-refractivity contribution in [2.75, 3.05) is 0 Å². The third-order valence-electron chi connectivity index (χ3n) is 3.49. The van der Waals surface area contributed by atoms with Gasteiger partial charge in [0.25, 0.3) is 0 Å². The molecule has 0 radical (unpaired) electrons. The molecule has 0 N–H and O–H groups in total. The first-order chi connectivity index (χ1) is 9.82. The number of rotatable bonds is 3. The van der Waals surface area contributed by atoms with E-state index in [1.54, 1.807) is 0 Å². The van der Waals surface area contributed by atoms with Crippen LogP contribution in [0.2, 0.25) is 0 Å². The minimum atomic E-state index is -1.61. The van der Waals surface area contributed by atoms with E-state index in [1.807, 2.05) is 0 Å². The van der Waals surface area contributed by atoms with E-state index in [4.69, 9.17) is 0 Å². The summed E-state index contributed by atoms with van der Waals surface area (Å²) in [5, 5.41) is 4.17. The van der Waals surface area contributed by atoms with Crippen molar-refractivity contribution in [1.82, 2.24) is 0 Å². The lowest BCUT2D eigenvalue weighted by Gasteiger charge is -2.22. The van der Waals surface area contributed by atoms with Gasteiger partial charge in [-0.1, -0.05) is 54.6 Å². The molecular weight excluding hydrogens is 358 g/mol. The van der Waals surface area contributed by atoms with Crippen molar-refractivity contribution in [3.8, 4) is 0 Å². The summed E-state index contributed by atoms with van der Waals surface area (Å²) in [6.45, 7) is -1.61. The van der Waals surface area contributed by atoms with Gasteiger partial charge in [-0.2, -0.15) is 0 Å². The average Bonchev–Trinajstić information content (AvgIpc) is 2.56. The van der Waals surface area contributed by atoms with Gasteiger partial charge in [0.15, 0.2) is 0 Å². The van der Waals surface area contributed by atoms with Crippen molar-refractivity contribution in [2.24, 2.45) is 0 Å². The SMILES string of the molecule is P[P+](c1ccccc1)(c1ccccc1)c1ccccc1.[Br-]. The minimum absolute atomic E-state index is 0. The molecule has 0 amide bonds. The van der Waals surface area contributed by atoms with Crippen LogP contribution in [-0.2, 0) is 0 Å². The van der Waals surface area contributed by atoms with Gasteiger partial charge in [0.05, 0.1) is 0 Å². The summed E-state index contributed by atoms with van der Waals surface area (Å²) in [6.07, 6.45) is 0. The number of hydrogen-bond acceptors (Lipinski definition) is 0. The number of benzene rings is 3. The second kappa shape index (κ2) is 7.32. The highest BCUT2D eigenvalue weighted by Crippen LogP contribution is 2.62. The fourth-order valence-corrected chi connectivity index (χ4v) is 6.81. The molecule has 0 saturated heterocycles. The van der Waals surface area contributed by atoms with E-state index in [1.165, 1.54) is 15.9 Å². The summed E-state index contributed by atoms with van der Waals surface area (Å²) in [5.74, 6) is 0. The molecule has 21 heavy (non-hydrogen) atoms. The van der Waals surface area contributed by atoms with E-state index in [2.05, 4.69) is 99.9 Å². The summed E-state index contributed by atoms with van der Waals surface area (Å²) in [7, 11) is 3.17. The van der Waals surface area contributed by atoms with Gasteiger partial charge in [0, 0.05) is 8.93 Å². The number of hydrogen-bond donors (Lipinski definition) is 0. The van der Waals surface area contributed by atoms with E-state index >= 15 is 0 Å². The van der Waals surface area contributed by atoms with Crippen LogP contribution in [0.1, 0.15) is 0 Å². The van der Waals surface area contributed by atoms with Gasteiger partial charge < -0.3 is 17.0 Å². The summed E-state index contributed by atoms with van der Waals surface area (Å²) in [4.78, 5) is 0. The van der Waals surface area contributed by atoms with Crippen LogP contribution in [0, 0.1) is 0 Å². The maximum absolute atomic E-state index is 3.17. The summed E-state index contributed by atoms with van der Waals surface area (Å²) in [5.41, 5.74) is 0. The molecule has 106 valence electrons. The molecule has 0 aliphatic heterocycles. The molecule has 3 rings (SSSR count). The molecule has 1 unspecified atom stereocenters. The maximum Gasteiger partial charge on any atom is 0.124 e. The smallest absolute Gasteiger partial charge is 0.124 e. The molecule has 1 atom stereocenters. The molecule has 0 aliphatic rings. The lowest BCUT2D eigenvalue weighted by Crippen LogP contribution is -3.00. The molecule has 0 saturated carbocycles. The molecule has 0 heterocycles. The van der Waals surface area contributed by atoms with Gasteiger partial charge in [0.2, 0.25) is 0 Å². The van der Waals surface area contributed by atoms with Crippen LogP contribution in [0.15, 0.2) is 91.0 Å². The molecule has 0 nitrogen and oxygen atoms in total. The van der Waals surface area contributed by atoms with Crippen molar-refractivity contribution in [2.45, 2.75) is 0 Å². The molecule has 3 aromatic carbocycles. The normalized spacial score (nSPS) is 10.7. The van der Waals surface area contributed by atoms with Crippen molar-refractivity contribution < 1.29 is 17.0 Å². The van der Waals surface area contributed by atoms with E-state index in [-0.39, 0.29) is 17.0 Å². The van der Waals surface area contributed by atoms with Crippen LogP contribution >= 0.6 is 15.9 Å². The van der Waals surface area contributed by atoms with Gasteiger partial charge in [-0.25, -0.2) is 0 Å². The van der Waals surface area contributed by atoms with Crippen LogP contribution in [0.4, 0.5) is 0 Å². The Kier molecular flexibility index (Phi) is 5.71. The minimum Gasteiger partial charge on any atom is -1.00 e. The Hall–Kier alpha value is -1.00. The molecule has 0 bridgehead atoms. The van der Waals surface area contributed by atoms with Crippen molar-refractivity contribution in [3.05, 3.63) is 91.0 Å². The Balaban J connectivity index is 0.00000161. The third kappa shape index (κ3) is 3.27. The van der Waals surface area contributed by atoms with Crippen LogP contribution < -0.4 is 32.9 Å². The van der Waals surface area contributed by atoms with Gasteiger partial charge in [-0.15, -0.1) is 0 Å². The van der Waals surface area contributed by atoms with Crippen molar-refractivity contribution in [1.29, 1.82) is 0 Å². The van der Waals surface area contributed by atoms with E-state index in [9.17, 15) is 0 Å². The zero-order chi connectivity index (χ0) is 13.8. The Morgan fingerprint density at radius 2 is 0.714 bits per heavy atom. The van der Waals surface area contributed by atoms with Crippen molar-refractivity contribution in [3.63, 3.8) is 0 Å². The zero-order valence-corrected chi connectivity index (χ0v) is 15.2. The summed E-state index contributed by atoms with van der Waals surface area (Å²) in [6, 6.07) is 32.4. The Morgan fingerprint density at radius 3 is 0.952 bits per heavy atom. The van der Waals surface area contributed by atoms with Gasteiger partial charge in [0.1, 0.15) is 22.9 Å². The first kappa shape index (κ1) is 16.4. The van der Waals surface area contributed by atoms with Crippen LogP contribution in [0.25, 0.3) is 0 Å². The topological polar surface area (TPSA) is 0 Å². The van der Waals surface area contributed by atoms with Gasteiger partial charge >= 0.3 is 0 Å². The highest BCUT2D eigenvalue weighted by atomic mass is 79.9. The molecule has 0 fully saturated rings. The third-order valence-corrected chi connectivity index (χ3v) is 9.51. The monoisotopic (exact) mass is 374 g/mol. The molecule has 0 aromatic heterocycles. The highest BCUT2D eigenvalue weighted by molar-refractivity contribution is 8.36. The Labute approximate surface area is 139 Å². The lowest BCUT2D eigenvalue weighted by molar-refractivity contribution is -0.00000370. The molecule has 0 spiro atoms. The van der Waals surface area contributed by atoms with Crippen LogP contribution in [0.3, 0.4) is 0 Å². The number of halogens is 1. The molecule has 3 heteroatoms. The Morgan fingerprint density at radius 1 is 0.476 bits per heavy atom. The quantitative estimate of drug-likeness (QED) is 0.594. The van der Waals surface area contributed by atoms with E-state index in [0.717, 1.165) is 0 Å². The predicted octanol–water partition coefficient (Wildman–Crippen LogP) is 0.775. The average molecular weight is 375 g/mol. The molecule has 3 aromatic rings. The first-order valence-electron chi connectivity index (χ1n) is 6.66. The van der Waals surface area contributed by atoms with E-state index < -0.39 is 6.95 Å². The largest absolute Gasteiger partial charge is 1.00 e. The fraction of sp³-hybridized carbons (Fsp3) is 0. The highest BCUT2D eigenvalue weighted by Gasteiger charge is 2.40. The summed E-state index contributed by atoms with van der Waals surface area (Å²) >= 11 is 0. The maximum atomic E-state index is 3.17. The lowest BCUT2D eigenvalue weighted by atomic mass is 10.4. The van der Waals surface area contributed by atoms with E-state index in [0.29, 0.717) is 0 Å².